The molecule has 0 unspecified atom stereocenters. The van der Waals surface area contributed by atoms with Gasteiger partial charge in [-0.1, -0.05) is 13.0 Å². The Labute approximate surface area is 142 Å². The molecule has 0 aromatic heterocycles. The van der Waals surface area contributed by atoms with Crippen molar-refractivity contribution < 1.29 is 19.0 Å². The summed E-state index contributed by atoms with van der Waals surface area (Å²) < 4.78 is 16.2. The van der Waals surface area contributed by atoms with Crippen molar-refractivity contribution in [1.29, 1.82) is 0 Å². The number of methoxy groups -OCH3 is 2. The number of aryl methyl sites for hydroxylation is 1. The Hall–Kier alpha value is -2.69. The van der Waals surface area contributed by atoms with E-state index in [2.05, 4.69) is 5.32 Å². The molecule has 5 heteroatoms. The fourth-order valence-electron chi connectivity index (χ4n) is 2.27. The summed E-state index contributed by atoms with van der Waals surface area (Å²) in [6.45, 7) is 3.86. The fraction of sp³-hybridized carbons (Fsp3) is 0.316. The smallest absolute Gasteiger partial charge is 0.265 e. The van der Waals surface area contributed by atoms with E-state index in [0.717, 1.165) is 11.3 Å². The van der Waals surface area contributed by atoms with Crippen LogP contribution in [0.2, 0.25) is 0 Å². The lowest BCUT2D eigenvalue weighted by atomic mass is 10.2. The molecule has 2 rings (SSSR count). The van der Waals surface area contributed by atoms with Gasteiger partial charge in [0.25, 0.3) is 5.91 Å². The zero-order valence-electron chi connectivity index (χ0n) is 14.5. The Morgan fingerprint density at radius 3 is 2.29 bits per heavy atom. The zero-order valence-corrected chi connectivity index (χ0v) is 14.5. The van der Waals surface area contributed by atoms with E-state index in [9.17, 15) is 4.79 Å². The normalized spacial score (nSPS) is 11.5. The van der Waals surface area contributed by atoms with E-state index in [4.69, 9.17) is 14.2 Å². The van der Waals surface area contributed by atoms with Gasteiger partial charge < -0.3 is 19.5 Å². The standard InChI is InChI=1S/C19H23NO4/c1-5-17(24-15-9-7-14(22-3)8-10-15)19(21)20-16-12-13(2)6-11-18(16)23-4/h6-12,17H,5H2,1-4H3,(H,20,21)/t17-/m1/s1. The van der Waals surface area contributed by atoms with Crippen LogP contribution in [0.5, 0.6) is 17.2 Å². The molecule has 2 aromatic rings. The molecule has 0 aliphatic heterocycles. The number of anilines is 1. The van der Waals surface area contributed by atoms with Gasteiger partial charge in [-0.15, -0.1) is 0 Å². The van der Waals surface area contributed by atoms with E-state index in [1.807, 2.05) is 32.0 Å². The Morgan fingerprint density at radius 1 is 1.04 bits per heavy atom. The first-order chi connectivity index (χ1) is 11.6. The number of carbonyl (C=O) groups excluding carboxylic acids is 1. The molecule has 128 valence electrons. The first-order valence-corrected chi connectivity index (χ1v) is 7.83. The molecule has 5 nitrogen and oxygen atoms in total. The van der Waals surface area contributed by atoms with Crippen LogP contribution in [0.1, 0.15) is 18.9 Å². The monoisotopic (exact) mass is 329 g/mol. The molecule has 0 bridgehead atoms. The molecule has 0 saturated carbocycles. The quantitative estimate of drug-likeness (QED) is 0.839. The number of rotatable bonds is 7. The van der Waals surface area contributed by atoms with Crippen molar-refractivity contribution in [3.8, 4) is 17.2 Å². The molecule has 0 fully saturated rings. The van der Waals surface area contributed by atoms with Crippen LogP contribution in [-0.2, 0) is 4.79 Å². The third-order valence-electron chi connectivity index (χ3n) is 3.61. The summed E-state index contributed by atoms with van der Waals surface area (Å²) in [6, 6.07) is 12.8. The van der Waals surface area contributed by atoms with E-state index in [1.54, 1.807) is 38.5 Å². The first-order valence-electron chi connectivity index (χ1n) is 7.83. The van der Waals surface area contributed by atoms with Crippen molar-refractivity contribution in [2.24, 2.45) is 0 Å². The highest BCUT2D eigenvalue weighted by Crippen LogP contribution is 2.26. The van der Waals surface area contributed by atoms with Gasteiger partial charge in [0.15, 0.2) is 6.10 Å². The largest absolute Gasteiger partial charge is 0.497 e. The highest BCUT2D eigenvalue weighted by molar-refractivity contribution is 5.95. The van der Waals surface area contributed by atoms with Crippen LogP contribution < -0.4 is 19.5 Å². The summed E-state index contributed by atoms with van der Waals surface area (Å²) in [5.41, 5.74) is 1.68. The van der Waals surface area contributed by atoms with Gasteiger partial charge in [0.05, 0.1) is 19.9 Å². The molecular formula is C19H23NO4. The molecule has 24 heavy (non-hydrogen) atoms. The van der Waals surface area contributed by atoms with E-state index in [0.29, 0.717) is 23.6 Å². The zero-order chi connectivity index (χ0) is 17.5. The molecule has 1 amide bonds. The lowest BCUT2D eigenvalue weighted by Crippen LogP contribution is -2.32. The molecule has 0 spiro atoms. The molecule has 0 aliphatic rings. The summed E-state index contributed by atoms with van der Waals surface area (Å²) in [7, 11) is 3.18. The number of carbonyl (C=O) groups is 1. The number of amides is 1. The lowest BCUT2D eigenvalue weighted by molar-refractivity contribution is -0.122. The number of benzene rings is 2. The maximum absolute atomic E-state index is 12.5. The molecule has 0 heterocycles. The summed E-state index contributed by atoms with van der Waals surface area (Å²) in [5, 5.41) is 2.88. The summed E-state index contributed by atoms with van der Waals surface area (Å²) >= 11 is 0. The van der Waals surface area contributed by atoms with Gasteiger partial charge in [-0.05, 0) is 55.3 Å². The van der Waals surface area contributed by atoms with Gasteiger partial charge in [-0.3, -0.25) is 4.79 Å². The topological polar surface area (TPSA) is 56.8 Å². The molecular weight excluding hydrogens is 306 g/mol. The van der Waals surface area contributed by atoms with Crippen molar-refractivity contribution in [1.82, 2.24) is 0 Å². The van der Waals surface area contributed by atoms with E-state index in [1.165, 1.54) is 0 Å². The van der Waals surface area contributed by atoms with E-state index >= 15 is 0 Å². The van der Waals surface area contributed by atoms with Gasteiger partial charge in [0, 0.05) is 0 Å². The predicted octanol–water partition coefficient (Wildman–Crippen LogP) is 3.81. The number of hydrogen-bond donors (Lipinski definition) is 1. The number of ether oxygens (including phenoxy) is 3. The van der Waals surface area contributed by atoms with Crippen molar-refractivity contribution in [2.45, 2.75) is 26.4 Å². The van der Waals surface area contributed by atoms with Crippen LogP contribution in [0.3, 0.4) is 0 Å². The van der Waals surface area contributed by atoms with Crippen molar-refractivity contribution in [2.75, 3.05) is 19.5 Å². The van der Waals surface area contributed by atoms with Crippen LogP contribution in [0.4, 0.5) is 5.69 Å². The molecule has 1 N–H and O–H groups in total. The second-order valence-corrected chi connectivity index (χ2v) is 5.38. The second kappa shape index (κ2) is 8.24. The van der Waals surface area contributed by atoms with Crippen LogP contribution in [0, 0.1) is 6.92 Å². The SMILES string of the molecule is CC[C@@H](Oc1ccc(OC)cc1)C(=O)Nc1cc(C)ccc1OC. The number of nitrogens with one attached hydrogen (secondary N) is 1. The van der Waals surface area contributed by atoms with Crippen molar-refractivity contribution in [3.05, 3.63) is 48.0 Å². The Morgan fingerprint density at radius 2 is 1.71 bits per heavy atom. The molecule has 0 saturated heterocycles. The van der Waals surface area contributed by atoms with Crippen LogP contribution >= 0.6 is 0 Å². The molecule has 2 aromatic carbocycles. The average molecular weight is 329 g/mol. The minimum Gasteiger partial charge on any atom is -0.497 e. The second-order valence-electron chi connectivity index (χ2n) is 5.38. The highest BCUT2D eigenvalue weighted by Gasteiger charge is 2.20. The molecule has 0 aliphatic carbocycles. The number of hydrogen-bond acceptors (Lipinski definition) is 4. The molecule has 0 radical (unpaired) electrons. The highest BCUT2D eigenvalue weighted by atomic mass is 16.5. The van der Waals surface area contributed by atoms with Gasteiger partial charge in [0.1, 0.15) is 17.2 Å². The van der Waals surface area contributed by atoms with Crippen molar-refractivity contribution >= 4 is 11.6 Å². The Kier molecular flexibility index (Phi) is 6.07. The summed E-state index contributed by atoms with van der Waals surface area (Å²) in [5.74, 6) is 1.77. The fourth-order valence-corrected chi connectivity index (χ4v) is 2.27. The van der Waals surface area contributed by atoms with Crippen LogP contribution in [0.15, 0.2) is 42.5 Å². The maximum Gasteiger partial charge on any atom is 0.265 e. The van der Waals surface area contributed by atoms with Gasteiger partial charge in [-0.2, -0.15) is 0 Å². The minimum absolute atomic E-state index is 0.211. The van der Waals surface area contributed by atoms with Crippen LogP contribution in [-0.4, -0.2) is 26.2 Å². The van der Waals surface area contributed by atoms with Gasteiger partial charge in [0.2, 0.25) is 0 Å². The Bertz CT molecular complexity index is 682. The van der Waals surface area contributed by atoms with Crippen molar-refractivity contribution in [3.63, 3.8) is 0 Å². The maximum atomic E-state index is 12.5. The first kappa shape index (κ1) is 17.7. The van der Waals surface area contributed by atoms with Gasteiger partial charge in [-0.25, -0.2) is 0 Å². The molecule has 1 atom stereocenters. The summed E-state index contributed by atoms with van der Waals surface area (Å²) in [6.07, 6.45) is -0.0463. The average Bonchev–Trinajstić information content (AvgIpc) is 2.60. The van der Waals surface area contributed by atoms with E-state index < -0.39 is 6.10 Å². The lowest BCUT2D eigenvalue weighted by Gasteiger charge is -2.18. The predicted molar refractivity (Wildman–Crippen MR) is 94.1 cm³/mol. The third kappa shape index (κ3) is 4.41. The van der Waals surface area contributed by atoms with Gasteiger partial charge >= 0.3 is 0 Å². The minimum atomic E-state index is -0.594. The third-order valence-corrected chi connectivity index (χ3v) is 3.61. The summed E-state index contributed by atoms with van der Waals surface area (Å²) in [4.78, 5) is 12.5. The van der Waals surface area contributed by atoms with Crippen LogP contribution in [0.25, 0.3) is 0 Å². The van der Waals surface area contributed by atoms with E-state index in [-0.39, 0.29) is 5.91 Å². The Balaban J connectivity index is 2.09.